The Morgan fingerprint density at radius 1 is 1.29 bits per heavy atom. The fourth-order valence-electron chi connectivity index (χ4n) is 3.35. The highest BCUT2D eigenvalue weighted by Crippen LogP contribution is 2.32. The van der Waals surface area contributed by atoms with Crippen LogP contribution in [0, 0.1) is 0 Å². The number of benzene rings is 1. The van der Waals surface area contributed by atoms with Gasteiger partial charge in [-0.15, -0.1) is 0 Å². The Balaban J connectivity index is 1.79. The molecule has 1 saturated carbocycles. The van der Waals surface area contributed by atoms with Crippen LogP contribution < -0.4 is 0 Å². The second-order valence-electron chi connectivity index (χ2n) is 5.77. The summed E-state index contributed by atoms with van der Waals surface area (Å²) in [6.07, 6.45) is 10.1. The number of para-hydroxylation sites is 1. The summed E-state index contributed by atoms with van der Waals surface area (Å²) in [7, 11) is 2.26. The lowest BCUT2D eigenvalue weighted by molar-refractivity contribution is 0.241. The molecule has 0 amide bonds. The molecule has 3 rings (SSSR count). The van der Waals surface area contributed by atoms with Crippen molar-refractivity contribution in [1.29, 1.82) is 0 Å². The predicted octanol–water partition coefficient (Wildman–Crippen LogP) is 3.59. The van der Waals surface area contributed by atoms with Gasteiger partial charge < -0.3 is 0 Å². The van der Waals surface area contributed by atoms with E-state index in [1.54, 1.807) is 0 Å². The van der Waals surface area contributed by atoms with E-state index in [1.165, 1.54) is 30.5 Å². The van der Waals surface area contributed by atoms with Gasteiger partial charge >= 0.3 is 0 Å². The molecule has 4 heteroatoms. The average molecular weight is 301 g/mol. The molecule has 0 saturated heterocycles. The molecule has 21 heavy (non-hydrogen) atoms. The van der Waals surface area contributed by atoms with E-state index < -0.39 is 0 Å². The molecule has 0 bridgehead atoms. The lowest BCUT2D eigenvalue weighted by Gasteiger charge is -2.29. The van der Waals surface area contributed by atoms with Gasteiger partial charge in [-0.05, 0) is 43.8 Å². The van der Waals surface area contributed by atoms with Crippen LogP contribution in [-0.2, 0) is 6.54 Å². The Morgan fingerprint density at radius 3 is 2.90 bits per heavy atom. The van der Waals surface area contributed by atoms with Crippen LogP contribution in [0.2, 0.25) is 0 Å². The highest BCUT2D eigenvalue weighted by atomic mass is 32.2. The molecule has 1 fully saturated rings. The number of hydrogen-bond acceptors (Lipinski definition) is 3. The van der Waals surface area contributed by atoms with Gasteiger partial charge in [0.25, 0.3) is 0 Å². The smallest absolute Gasteiger partial charge is 0.0690 e. The number of nitrogens with zero attached hydrogens (tertiary/aromatic N) is 3. The molecule has 0 spiro atoms. The van der Waals surface area contributed by atoms with E-state index in [0.29, 0.717) is 6.04 Å². The molecule has 1 aromatic heterocycles. The topological polar surface area (TPSA) is 21.1 Å². The Kier molecular flexibility index (Phi) is 4.66. The average Bonchev–Trinajstić information content (AvgIpc) is 3.19. The highest BCUT2D eigenvalue weighted by Gasteiger charge is 2.29. The summed E-state index contributed by atoms with van der Waals surface area (Å²) >= 11 is 2.02. The highest BCUT2D eigenvalue weighted by molar-refractivity contribution is 7.99. The molecule has 2 atom stereocenters. The molecule has 0 radical (unpaired) electrons. The molecular weight excluding hydrogens is 278 g/mol. The molecule has 0 N–H and O–H groups in total. The van der Waals surface area contributed by atoms with Gasteiger partial charge in [-0.3, -0.25) is 4.90 Å². The Labute approximate surface area is 131 Å². The maximum atomic E-state index is 4.38. The monoisotopic (exact) mass is 301 g/mol. The minimum absolute atomic E-state index is 0.700. The van der Waals surface area contributed by atoms with E-state index in [-0.39, 0.29) is 0 Å². The summed E-state index contributed by atoms with van der Waals surface area (Å²) in [6, 6.07) is 11.2. The number of aromatic nitrogens is 2. The van der Waals surface area contributed by atoms with Crippen LogP contribution in [0.5, 0.6) is 0 Å². The van der Waals surface area contributed by atoms with E-state index in [4.69, 9.17) is 0 Å². The van der Waals surface area contributed by atoms with Gasteiger partial charge in [-0.1, -0.05) is 24.6 Å². The van der Waals surface area contributed by atoms with E-state index >= 15 is 0 Å². The summed E-state index contributed by atoms with van der Waals surface area (Å²) in [6.45, 7) is 0.984. The summed E-state index contributed by atoms with van der Waals surface area (Å²) in [5.74, 6) is 0. The molecule has 1 aromatic carbocycles. The molecule has 1 aliphatic rings. The zero-order valence-electron chi connectivity index (χ0n) is 12.8. The van der Waals surface area contributed by atoms with Crippen LogP contribution in [0.4, 0.5) is 0 Å². The van der Waals surface area contributed by atoms with Gasteiger partial charge in [0.1, 0.15) is 0 Å². The summed E-state index contributed by atoms with van der Waals surface area (Å²) in [5, 5.41) is 5.16. The van der Waals surface area contributed by atoms with E-state index in [1.807, 2.05) is 34.9 Å². The van der Waals surface area contributed by atoms with E-state index in [2.05, 4.69) is 47.6 Å². The molecule has 0 aliphatic heterocycles. The largest absolute Gasteiger partial charge is 0.298 e. The number of thioether (sulfide) groups is 1. The molecule has 2 aromatic rings. The molecule has 0 unspecified atom stereocenters. The summed E-state index contributed by atoms with van der Waals surface area (Å²) < 4.78 is 1.96. The first kappa shape index (κ1) is 14.7. The quantitative estimate of drug-likeness (QED) is 0.842. The van der Waals surface area contributed by atoms with Crippen LogP contribution in [0.15, 0.2) is 42.7 Å². The van der Waals surface area contributed by atoms with Crippen molar-refractivity contribution in [3.05, 3.63) is 48.3 Å². The second kappa shape index (κ2) is 6.67. The number of hydrogen-bond donors (Lipinski definition) is 0. The van der Waals surface area contributed by atoms with Crippen LogP contribution >= 0.6 is 11.8 Å². The van der Waals surface area contributed by atoms with Gasteiger partial charge in [0.2, 0.25) is 0 Å². The van der Waals surface area contributed by atoms with Crippen LogP contribution in [0.3, 0.4) is 0 Å². The van der Waals surface area contributed by atoms with Crippen molar-refractivity contribution in [1.82, 2.24) is 14.7 Å². The van der Waals surface area contributed by atoms with E-state index in [0.717, 1.165) is 11.8 Å². The predicted molar refractivity (Wildman–Crippen MR) is 90.0 cm³/mol. The van der Waals surface area contributed by atoms with Gasteiger partial charge in [-0.25, -0.2) is 4.68 Å². The molecular formula is C17H23N3S. The number of rotatable bonds is 5. The lowest BCUT2D eigenvalue weighted by Crippen LogP contribution is -2.35. The fraction of sp³-hybridized carbons (Fsp3) is 0.471. The standard InChI is InChI=1S/C17H23N3S/c1-19(16-9-5-10-17(16)21-2)13-14-7-3-4-8-15(14)20-12-6-11-18-20/h3-4,6-8,11-12,16-17H,5,9-10,13H2,1-2H3/t16-,17-/m0/s1. The van der Waals surface area contributed by atoms with Crippen LogP contribution in [-0.4, -0.2) is 39.3 Å². The summed E-state index contributed by atoms with van der Waals surface area (Å²) in [4.78, 5) is 2.52. The third-order valence-corrected chi connectivity index (χ3v) is 5.60. The lowest BCUT2D eigenvalue weighted by atomic mass is 10.1. The maximum Gasteiger partial charge on any atom is 0.0690 e. The minimum atomic E-state index is 0.700. The molecule has 1 heterocycles. The van der Waals surface area contributed by atoms with Crippen LogP contribution in [0.25, 0.3) is 5.69 Å². The summed E-state index contributed by atoms with van der Waals surface area (Å²) in [5.41, 5.74) is 2.53. The van der Waals surface area contributed by atoms with Gasteiger partial charge in [0, 0.05) is 30.2 Å². The third kappa shape index (κ3) is 3.16. The van der Waals surface area contributed by atoms with Crippen molar-refractivity contribution >= 4 is 11.8 Å². The molecule has 3 nitrogen and oxygen atoms in total. The fourth-order valence-corrected chi connectivity index (χ4v) is 4.41. The van der Waals surface area contributed by atoms with Crippen molar-refractivity contribution < 1.29 is 0 Å². The van der Waals surface area contributed by atoms with E-state index in [9.17, 15) is 0 Å². The second-order valence-corrected chi connectivity index (χ2v) is 6.84. The van der Waals surface area contributed by atoms with Crippen molar-refractivity contribution in [2.24, 2.45) is 0 Å². The van der Waals surface area contributed by atoms with Gasteiger partial charge in [0.15, 0.2) is 0 Å². The normalized spacial score (nSPS) is 22.0. The first-order valence-electron chi connectivity index (χ1n) is 7.60. The van der Waals surface area contributed by atoms with Gasteiger partial charge in [0.05, 0.1) is 5.69 Å². The molecule has 112 valence electrons. The zero-order valence-corrected chi connectivity index (χ0v) is 13.6. The Bertz CT molecular complexity index is 567. The third-order valence-electron chi connectivity index (χ3n) is 4.45. The Hall–Kier alpha value is -1.26. The van der Waals surface area contributed by atoms with Crippen molar-refractivity contribution in [2.75, 3.05) is 13.3 Å². The Morgan fingerprint density at radius 2 is 2.14 bits per heavy atom. The van der Waals surface area contributed by atoms with Crippen molar-refractivity contribution in [3.63, 3.8) is 0 Å². The van der Waals surface area contributed by atoms with Gasteiger partial charge in [-0.2, -0.15) is 16.9 Å². The maximum absolute atomic E-state index is 4.38. The van der Waals surface area contributed by atoms with Crippen molar-refractivity contribution in [3.8, 4) is 5.69 Å². The first-order valence-corrected chi connectivity index (χ1v) is 8.89. The SMILES string of the molecule is CS[C@H]1CCC[C@@H]1N(C)Cc1ccccc1-n1cccn1. The zero-order chi connectivity index (χ0) is 14.7. The first-order chi connectivity index (χ1) is 10.3. The van der Waals surface area contributed by atoms with Crippen molar-refractivity contribution in [2.45, 2.75) is 37.1 Å². The van der Waals surface area contributed by atoms with Crippen LogP contribution in [0.1, 0.15) is 24.8 Å². The molecule has 1 aliphatic carbocycles. The minimum Gasteiger partial charge on any atom is -0.298 e.